The van der Waals surface area contributed by atoms with Gasteiger partial charge in [-0.05, 0) is 62.1 Å². The summed E-state index contributed by atoms with van der Waals surface area (Å²) < 4.78 is 27.1. The van der Waals surface area contributed by atoms with Gasteiger partial charge in [-0.2, -0.15) is 4.31 Å². The standard InChI is InChI=1S/C23H28ClN3O3S/c1-26(22-11-8-17-6-2-3-7-19(17)22)15-12-23(28)25-21-16-18(9-10-20(21)24)31(29,30)27-13-4-5-14-27/h2-3,6-7,9-10,16,22H,4-5,8,11-15H2,1H3,(H,25,28). The molecule has 1 saturated heterocycles. The average molecular weight is 462 g/mol. The number of benzene rings is 2. The molecule has 2 aliphatic rings. The molecule has 8 heteroatoms. The molecule has 1 heterocycles. The van der Waals surface area contributed by atoms with E-state index in [-0.39, 0.29) is 10.8 Å². The van der Waals surface area contributed by atoms with Crippen molar-refractivity contribution < 1.29 is 13.2 Å². The molecule has 166 valence electrons. The molecule has 1 atom stereocenters. The minimum atomic E-state index is -3.56. The van der Waals surface area contributed by atoms with E-state index in [1.165, 1.54) is 33.6 Å². The maximum absolute atomic E-state index is 12.8. The summed E-state index contributed by atoms with van der Waals surface area (Å²) in [4.78, 5) is 15.0. The molecule has 0 saturated carbocycles. The number of nitrogens with zero attached hydrogens (tertiary/aromatic N) is 2. The van der Waals surface area contributed by atoms with Crippen LogP contribution in [0.5, 0.6) is 0 Å². The molecule has 1 aliphatic heterocycles. The lowest BCUT2D eigenvalue weighted by Gasteiger charge is -2.25. The molecule has 1 unspecified atom stereocenters. The number of hydrogen-bond donors (Lipinski definition) is 1. The molecule has 0 radical (unpaired) electrons. The van der Waals surface area contributed by atoms with Crippen LogP contribution in [0.3, 0.4) is 0 Å². The van der Waals surface area contributed by atoms with Crippen LogP contribution >= 0.6 is 11.6 Å². The van der Waals surface area contributed by atoms with Crippen LogP contribution in [0, 0.1) is 0 Å². The second kappa shape index (κ2) is 9.28. The first-order valence-electron chi connectivity index (χ1n) is 10.7. The number of fused-ring (bicyclic) bond motifs is 1. The Balaban J connectivity index is 1.38. The van der Waals surface area contributed by atoms with Gasteiger partial charge in [-0.15, -0.1) is 0 Å². The summed E-state index contributed by atoms with van der Waals surface area (Å²) in [5, 5.41) is 3.12. The van der Waals surface area contributed by atoms with E-state index in [0.29, 0.717) is 42.8 Å². The van der Waals surface area contributed by atoms with Gasteiger partial charge in [0.25, 0.3) is 0 Å². The minimum absolute atomic E-state index is 0.161. The van der Waals surface area contributed by atoms with E-state index < -0.39 is 10.0 Å². The van der Waals surface area contributed by atoms with E-state index in [9.17, 15) is 13.2 Å². The number of carbonyl (C=O) groups is 1. The number of anilines is 1. The molecule has 6 nitrogen and oxygen atoms in total. The Labute approximate surface area is 189 Å². The van der Waals surface area contributed by atoms with Crippen molar-refractivity contribution in [1.29, 1.82) is 0 Å². The molecule has 0 aromatic heterocycles. The second-order valence-electron chi connectivity index (χ2n) is 8.28. The normalized spacial score (nSPS) is 19.0. The van der Waals surface area contributed by atoms with Crippen LogP contribution in [-0.4, -0.2) is 50.2 Å². The lowest BCUT2D eigenvalue weighted by atomic mass is 10.1. The SMILES string of the molecule is CN(CCC(=O)Nc1cc(S(=O)(=O)N2CCCC2)ccc1Cl)C1CCc2ccccc21. The van der Waals surface area contributed by atoms with Crippen LogP contribution in [0.15, 0.2) is 47.4 Å². The second-order valence-corrected chi connectivity index (χ2v) is 10.6. The van der Waals surface area contributed by atoms with E-state index in [1.807, 2.05) is 7.05 Å². The third-order valence-corrected chi connectivity index (χ3v) is 8.46. The third-order valence-electron chi connectivity index (χ3n) is 6.24. The van der Waals surface area contributed by atoms with Gasteiger partial charge in [0, 0.05) is 32.1 Å². The number of nitrogens with one attached hydrogen (secondary N) is 1. The van der Waals surface area contributed by atoms with Crippen molar-refractivity contribution in [3.8, 4) is 0 Å². The van der Waals surface area contributed by atoms with Gasteiger partial charge in [-0.1, -0.05) is 35.9 Å². The Morgan fingerprint density at radius 3 is 2.71 bits per heavy atom. The van der Waals surface area contributed by atoms with Crippen LogP contribution in [0.2, 0.25) is 5.02 Å². The van der Waals surface area contributed by atoms with Crippen molar-refractivity contribution in [2.24, 2.45) is 0 Å². The van der Waals surface area contributed by atoms with E-state index in [4.69, 9.17) is 11.6 Å². The van der Waals surface area contributed by atoms with Crippen LogP contribution < -0.4 is 5.32 Å². The number of sulfonamides is 1. The molecule has 1 fully saturated rings. The lowest BCUT2D eigenvalue weighted by molar-refractivity contribution is -0.116. The molecule has 1 aliphatic carbocycles. The highest BCUT2D eigenvalue weighted by molar-refractivity contribution is 7.89. The van der Waals surface area contributed by atoms with Gasteiger partial charge in [0.15, 0.2) is 0 Å². The predicted octanol–water partition coefficient (Wildman–Crippen LogP) is 4.07. The van der Waals surface area contributed by atoms with Gasteiger partial charge >= 0.3 is 0 Å². The van der Waals surface area contributed by atoms with Gasteiger partial charge in [0.05, 0.1) is 15.6 Å². The lowest BCUT2D eigenvalue weighted by Crippen LogP contribution is -2.28. The topological polar surface area (TPSA) is 69.7 Å². The highest BCUT2D eigenvalue weighted by atomic mass is 35.5. The summed E-state index contributed by atoms with van der Waals surface area (Å²) in [6.07, 6.45) is 4.16. The van der Waals surface area contributed by atoms with Crippen LogP contribution in [0.25, 0.3) is 0 Å². The van der Waals surface area contributed by atoms with Gasteiger partial charge in [0.1, 0.15) is 0 Å². The molecular formula is C23H28ClN3O3S. The number of amides is 1. The summed E-state index contributed by atoms with van der Waals surface area (Å²) >= 11 is 6.24. The quantitative estimate of drug-likeness (QED) is 0.674. The minimum Gasteiger partial charge on any atom is -0.325 e. The number of rotatable bonds is 7. The largest absolute Gasteiger partial charge is 0.325 e. The molecule has 1 N–H and O–H groups in total. The maximum Gasteiger partial charge on any atom is 0.243 e. The molecular weight excluding hydrogens is 434 g/mol. The highest BCUT2D eigenvalue weighted by Gasteiger charge is 2.28. The number of halogens is 1. The van der Waals surface area contributed by atoms with Gasteiger partial charge < -0.3 is 5.32 Å². The van der Waals surface area contributed by atoms with Crippen LogP contribution in [0.4, 0.5) is 5.69 Å². The number of carbonyl (C=O) groups excluding carboxylic acids is 1. The molecule has 0 spiro atoms. The summed E-state index contributed by atoms with van der Waals surface area (Å²) in [5.41, 5.74) is 3.06. The van der Waals surface area contributed by atoms with Crippen molar-refractivity contribution >= 4 is 33.2 Å². The molecule has 2 aromatic carbocycles. The first-order chi connectivity index (χ1) is 14.9. The smallest absolute Gasteiger partial charge is 0.243 e. The average Bonchev–Trinajstić information content (AvgIpc) is 3.44. The Bertz CT molecular complexity index is 1070. The van der Waals surface area contributed by atoms with Crippen molar-refractivity contribution in [2.45, 2.75) is 43.0 Å². The number of hydrogen-bond acceptors (Lipinski definition) is 4. The predicted molar refractivity (Wildman–Crippen MR) is 123 cm³/mol. The van der Waals surface area contributed by atoms with Crippen LogP contribution in [-0.2, 0) is 21.2 Å². The number of aryl methyl sites for hydroxylation is 1. The Kier molecular flexibility index (Phi) is 6.67. The van der Waals surface area contributed by atoms with Crippen molar-refractivity contribution in [1.82, 2.24) is 9.21 Å². The van der Waals surface area contributed by atoms with Gasteiger partial charge in [-0.3, -0.25) is 9.69 Å². The van der Waals surface area contributed by atoms with Gasteiger partial charge in [0.2, 0.25) is 15.9 Å². The third kappa shape index (κ3) is 4.80. The summed E-state index contributed by atoms with van der Waals surface area (Å²) in [7, 11) is -1.53. The summed E-state index contributed by atoms with van der Waals surface area (Å²) in [5.74, 6) is -0.184. The Hall–Kier alpha value is -1.93. The zero-order chi connectivity index (χ0) is 22.0. The van der Waals surface area contributed by atoms with Gasteiger partial charge in [-0.25, -0.2) is 8.42 Å². The molecule has 1 amide bonds. The van der Waals surface area contributed by atoms with E-state index in [1.54, 1.807) is 0 Å². The first-order valence-corrected chi connectivity index (χ1v) is 12.6. The molecule has 4 rings (SSSR count). The fourth-order valence-corrected chi connectivity index (χ4v) is 6.19. The summed E-state index contributed by atoms with van der Waals surface area (Å²) in [6, 6.07) is 13.3. The Morgan fingerprint density at radius 1 is 1.19 bits per heavy atom. The molecule has 31 heavy (non-hydrogen) atoms. The fourth-order valence-electron chi connectivity index (χ4n) is 4.48. The van der Waals surface area contributed by atoms with Crippen LogP contribution in [0.1, 0.15) is 42.9 Å². The molecule has 2 aromatic rings. The molecule has 0 bridgehead atoms. The van der Waals surface area contributed by atoms with E-state index in [2.05, 4.69) is 34.5 Å². The zero-order valence-corrected chi connectivity index (χ0v) is 19.3. The van der Waals surface area contributed by atoms with Crippen molar-refractivity contribution in [2.75, 3.05) is 32.0 Å². The zero-order valence-electron chi connectivity index (χ0n) is 17.7. The maximum atomic E-state index is 12.8. The van der Waals surface area contributed by atoms with E-state index >= 15 is 0 Å². The first kappa shape index (κ1) is 22.3. The highest BCUT2D eigenvalue weighted by Crippen LogP contribution is 2.35. The van der Waals surface area contributed by atoms with E-state index in [0.717, 1.165) is 25.7 Å². The fraction of sp³-hybridized carbons (Fsp3) is 0.435. The van der Waals surface area contributed by atoms with Crippen molar-refractivity contribution in [3.63, 3.8) is 0 Å². The summed E-state index contributed by atoms with van der Waals surface area (Å²) in [6.45, 7) is 1.67. The van der Waals surface area contributed by atoms with Crippen molar-refractivity contribution in [3.05, 3.63) is 58.6 Å². The monoisotopic (exact) mass is 461 g/mol. The Morgan fingerprint density at radius 2 is 1.94 bits per heavy atom.